The summed E-state index contributed by atoms with van der Waals surface area (Å²) in [4.78, 5) is 18.8. The maximum absolute atomic E-state index is 12.5. The number of urea groups is 1. The fourth-order valence-corrected chi connectivity index (χ4v) is 3.82. The summed E-state index contributed by atoms with van der Waals surface area (Å²) in [6, 6.07) is 13.9. The van der Waals surface area contributed by atoms with E-state index in [0.29, 0.717) is 18.9 Å². The highest BCUT2D eigenvalue weighted by Crippen LogP contribution is 2.24. The Morgan fingerprint density at radius 1 is 1.16 bits per heavy atom. The predicted octanol–water partition coefficient (Wildman–Crippen LogP) is 2.64. The van der Waals surface area contributed by atoms with E-state index in [4.69, 9.17) is 0 Å². The summed E-state index contributed by atoms with van der Waals surface area (Å²) in [5, 5.41) is 13.2. The number of anilines is 1. The van der Waals surface area contributed by atoms with Crippen LogP contribution < -0.4 is 5.32 Å². The number of hydrogen-bond acceptors (Lipinski definition) is 3. The number of aliphatic hydroxyl groups excluding tert-OH is 1. The number of nitrogens with zero attached hydrogens (tertiary/aromatic N) is 2. The van der Waals surface area contributed by atoms with E-state index < -0.39 is 6.10 Å². The van der Waals surface area contributed by atoms with Gasteiger partial charge >= 0.3 is 6.03 Å². The van der Waals surface area contributed by atoms with E-state index in [0.717, 1.165) is 31.4 Å². The van der Waals surface area contributed by atoms with E-state index >= 15 is 0 Å². The Morgan fingerprint density at radius 2 is 2.00 bits per heavy atom. The molecule has 1 aromatic heterocycles. The summed E-state index contributed by atoms with van der Waals surface area (Å²) in [7, 11) is 0. The van der Waals surface area contributed by atoms with Crippen molar-refractivity contribution >= 4 is 11.8 Å². The van der Waals surface area contributed by atoms with Gasteiger partial charge in [-0.15, -0.1) is 0 Å². The summed E-state index contributed by atoms with van der Waals surface area (Å²) in [5.41, 5.74) is 3.58. The number of β-amino-alcohol motifs (C(OH)–C–C–N with tert-alkyl or cyclic N) is 1. The average molecular weight is 337 g/mol. The standard InChI is InChI=1S/C20H23N3O2/c24-18-13-23(12-16(18)11-14-5-2-1-3-6-14)20(25)22-19-10-9-15-7-4-8-17(15)21-19/h1-3,5-6,9-10,16,18,24H,4,7-8,11-13H2,(H,21,22,25)/t16-,18-/m1/s1. The van der Waals surface area contributed by atoms with Gasteiger partial charge in [-0.3, -0.25) is 5.32 Å². The molecule has 2 amide bonds. The molecule has 1 aliphatic carbocycles. The fourth-order valence-electron chi connectivity index (χ4n) is 3.82. The van der Waals surface area contributed by atoms with E-state index in [1.807, 2.05) is 24.3 Å². The van der Waals surface area contributed by atoms with Gasteiger partial charge in [0.1, 0.15) is 5.82 Å². The minimum absolute atomic E-state index is 0.0705. The molecule has 130 valence electrons. The Balaban J connectivity index is 1.38. The van der Waals surface area contributed by atoms with Crippen molar-refractivity contribution in [3.8, 4) is 0 Å². The highest BCUT2D eigenvalue weighted by Gasteiger charge is 2.34. The first-order valence-electron chi connectivity index (χ1n) is 8.96. The molecule has 0 spiro atoms. The van der Waals surface area contributed by atoms with Crippen LogP contribution in [-0.4, -0.2) is 40.2 Å². The maximum atomic E-state index is 12.5. The van der Waals surface area contributed by atoms with Crippen LogP contribution in [0.1, 0.15) is 23.2 Å². The number of aryl methyl sites for hydroxylation is 2. The molecule has 0 radical (unpaired) electrons. The molecular weight excluding hydrogens is 314 g/mol. The molecule has 4 rings (SSSR count). The smallest absolute Gasteiger partial charge is 0.323 e. The molecule has 1 aromatic carbocycles. The fraction of sp³-hybridized carbons (Fsp3) is 0.400. The van der Waals surface area contributed by atoms with E-state index in [-0.39, 0.29) is 11.9 Å². The zero-order valence-corrected chi connectivity index (χ0v) is 14.2. The molecule has 1 saturated heterocycles. The Bertz CT molecular complexity index is 763. The van der Waals surface area contributed by atoms with Crippen LogP contribution in [0.15, 0.2) is 42.5 Å². The SMILES string of the molecule is O=C(Nc1ccc2c(n1)CCC2)N1C[C@@H](Cc2ccccc2)[C@H](O)C1. The lowest BCUT2D eigenvalue weighted by molar-refractivity contribution is 0.143. The summed E-state index contributed by atoms with van der Waals surface area (Å²) in [5.74, 6) is 0.674. The molecule has 0 bridgehead atoms. The van der Waals surface area contributed by atoms with Crippen molar-refractivity contribution in [3.63, 3.8) is 0 Å². The van der Waals surface area contributed by atoms with Gasteiger partial charge in [-0.2, -0.15) is 0 Å². The number of pyridine rings is 1. The second-order valence-electron chi connectivity index (χ2n) is 7.01. The second kappa shape index (κ2) is 6.84. The minimum Gasteiger partial charge on any atom is -0.391 e. The van der Waals surface area contributed by atoms with E-state index in [2.05, 4.69) is 28.5 Å². The van der Waals surface area contributed by atoms with Crippen LogP contribution in [-0.2, 0) is 19.3 Å². The van der Waals surface area contributed by atoms with Gasteiger partial charge in [0, 0.05) is 24.7 Å². The van der Waals surface area contributed by atoms with Gasteiger partial charge in [0.25, 0.3) is 0 Å². The number of rotatable bonds is 3. The molecule has 2 heterocycles. The highest BCUT2D eigenvalue weighted by molar-refractivity contribution is 5.88. The number of carbonyl (C=O) groups is 1. The van der Waals surface area contributed by atoms with Crippen LogP contribution >= 0.6 is 0 Å². The molecule has 1 aliphatic heterocycles. The summed E-state index contributed by atoms with van der Waals surface area (Å²) in [6.45, 7) is 0.932. The molecule has 0 unspecified atom stereocenters. The summed E-state index contributed by atoms with van der Waals surface area (Å²) >= 11 is 0. The van der Waals surface area contributed by atoms with Crippen molar-refractivity contribution in [2.24, 2.45) is 5.92 Å². The largest absolute Gasteiger partial charge is 0.391 e. The first-order valence-corrected chi connectivity index (χ1v) is 8.96. The van der Waals surface area contributed by atoms with E-state index in [1.165, 1.54) is 11.1 Å². The van der Waals surface area contributed by atoms with Crippen LogP contribution in [0.2, 0.25) is 0 Å². The number of fused-ring (bicyclic) bond motifs is 1. The van der Waals surface area contributed by atoms with Crippen LogP contribution in [0.25, 0.3) is 0 Å². The van der Waals surface area contributed by atoms with Gasteiger partial charge < -0.3 is 10.0 Å². The van der Waals surface area contributed by atoms with Gasteiger partial charge in [-0.05, 0) is 42.9 Å². The number of benzene rings is 1. The number of carbonyl (C=O) groups excluding carboxylic acids is 1. The molecule has 0 saturated carbocycles. The molecule has 1 fully saturated rings. The topological polar surface area (TPSA) is 65.5 Å². The Labute approximate surface area is 147 Å². The summed E-state index contributed by atoms with van der Waals surface area (Å²) in [6.07, 6.45) is 3.50. The van der Waals surface area contributed by atoms with Gasteiger partial charge in [0.2, 0.25) is 0 Å². The number of amides is 2. The molecule has 5 nitrogen and oxygen atoms in total. The third-order valence-electron chi connectivity index (χ3n) is 5.20. The molecule has 2 atom stereocenters. The number of aliphatic hydroxyl groups is 1. The van der Waals surface area contributed by atoms with Gasteiger partial charge in [-0.1, -0.05) is 36.4 Å². The summed E-state index contributed by atoms with van der Waals surface area (Å²) < 4.78 is 0. The zero-order valence-electron chi connectivity index (χ0n) is 14.2. The number of nitrogens with one attached hydrogen (secondary N) is 1. The molecule has 2 aromatic rings. The Hall–Kier alpha value is -2.40. The molecular formula is C20H23N3O2. The van der Waals surface area contributed by atoms with Crippen molar-refractivity contribution in [2.75, 3.05) is 18.4 Å². The van der Waals surface area contributed by atoms with E-state index in [9.17, 15) is 9.90 Å². The van der Waals surface area contributed by atoms with Crippen molar-refractivity contribution < 1.29 is 9.90 Å². The lowest BCUT2D eigenvalue weighted by Crippen LogP contribution is -2.34. The first kappa shape index (κ1) is 16.1. The minimum atomic E-state index is -0.487. The highest BCUT2D eigenvalue weighted by atomic mass is 16.3. The van der Waals surface area contributed by atoms with Crippen LogP contribution in [0.4, 0.5) is 10.6 Å². The number of likely N-dealkylation sites (tertiary alicyclic amines) is 1. The van der Waals surface area contributed by atoms with Crippen molar-refractivity contribution in [3.05, 3.63) is 59.3 Å². The first-order chi connectivity index (χ1) is 12.2. The second-order valence-corrected chi connectivity index (χ2v) is 7.01. The monoisotopic (exact) mass is 337 g/mol. The van der Waals surface area contributed by atoms with E-state index in [1.54, 1.807) is 4.90 Å². The van der Waals surface area contributed by atoms with Crippen LogP contribution in [0.5, 0.6) is 0 Å². The van der Waals surface area contributed by atoms with Gasteiger partial charge in [0.05, 0.1) is 6.10 Å². The lowest BCUT2D eigenvalue weighted by Gasteiger charge is -2.17. The van der Waals surface area contributed by atoms with Gasteiger partial charge in [-0.25, -0.2) is 9.78 Å². The third-order valence-corrected chi connectivity index (χ3v) is 5.20. The average Bonchev–Trinajstić information content (AvgIpc) is 3.22. The normalized spacial score (nSPS) is 22.0. The van der Waals surface area contributed by atoms with Crippen LogP contribution in [0.3, 0.4) is 0 Å². The third kappa shape index (κ3) is 3.51. The molecule has 2 N–H and O–H groups in total. The maximum Gasteiger partial charge on any atom is 0.323 e. The number of aromatic nitrogens is 1. The molecule has 25 heavy (non-hydrogen) atoms. The predicted molar refractivity (Wildman–Crippen MR) is 96.5 cm³/mol. The Kier molecular flexibility index (Phi) is 4.40. The van der Waals surface area contributed by atoms with Crippen molar-refractivity contribution in [1.29, 1.82) is 0 Å². The quantitative estimate of drug-likeness (QED) is 0.905. The number of hydrogen-bond donors (Lipinski definition) is 2. The van der Waals surface area contributed by atoms with Crippen molar-refractivity contribution in [1.82, 2.24) is 9.88 Å². The lowest BCUT2D eigenvalue weighted by atomic mass is 9.97. The van der Waals surface area contributed by atoms with Crippen LogP contribution in [0, 0.1) is 5.92 Å². The Morgan fingerprint density at radius 3 is 2.84 bits per heavy atom. The van der Waals surface area contributed by atoms with Gasteiger partial charge in [0.15, 0.2) is 0 Å². The van der Waals surface area contributed by atoms with Crippen molar-refractivity contribution in [2.45, 2.75) is 31.8 Å². The zero-order chi connectivity index (χ0) is 17.2. The molecule has 5 heteroatoms. The molecule has 2 aliphatic rings.